The van der Waals surface area contributed by atoms with Crippen LogP contribution in [0.2, 0.25) is 0 Å². The molecule has 0 bridgehead atoms. The van der Waals surface area contributed by atoms with Crippen LogP contribution in [0.25, 0.3) is 0 Å². The van der Waals surface area contributed by atoms with Crippen LogP contribution in [-0.2, 0) is 17.8 Å². The lowest BCUT2D eigenvalue weighted by atomic mass is 10.3. The van der Waals surface area contributed by atoms with Gasteiger partial charge in [0.15, 0.2) is 11.0 Å². The van der Waals surface area contributed by atoms with Crippen LogP contribution in [0.1, 0.15) is 11.5 Å². The van der Waals surface area contributed by atoms with Crippen molar-refractivity contribution < 1.29 is 9.90 Å². The zero-order valence-electron chi connectivity index (χ0n) is 8.04. The molecule has 0 aliphatic rings. The third kappa shape index (κ3) is 2.73. The molecule has 2 rings (SSSR count). The van der Waals surface area contributed by atoms with Crippen molar-refractivity contribution in [2.45, 2.75) is 13.0 Å². The highest BCUT2D eigenvalue weighted by atomic mass is 32.1. The van der Waals surface area contributed by atoms with E-state index in [0.29, 0.717) is 23.2 Å². The monoisotopic (exact) mass is 240 g/mol. The summed E-state index contributed by atoms with van der Waals surface area (Å²) >= 11 is 1.34. The Balaban J connectivity index is 1.90. The lowest BCUT2D eigenvalue weighted by Crippen LogP contribution is -2.03. The molecule has 2 aromatic rings. The number of carbonyl (C=O) groups is 1. The van der Waals surface area contributed by atoms with Crippen LogP contribution >= 0.6 is 11.3 Å². The highest BCUT2D eigenvalue weighted by Gasteiger charge is 2.06. The summed E-state index contributed by atoms with van der Waals surface area (Å²) in [5.74, 6) is -0.370. The summed E-state index contributed by atoms with van der Waals surface area (Å²) < 4.78 is 0. The number of nitrogens with zero attached hydrogens (tertiary/aromatic N) is 4. The van der Waals surface area contributed by atoms with E-state index in [0.717, 1.165) is 0 Å². The van der Waals surface area contributed by atoms with Gasteiger partial charge in [-0.3, -0.25) is 4.79 Å². The summed E-state index contributed by atoms with van der Waals surface area (Å²) in [6.07, 6.45) is -0.0691. The van der Waals surface area contributed by atoms with Gasteiger partial charge in [-0.1, -0.05) is 5.21 Å². The molecular formula is C7H8N6O2S. The van der Waals surface area contributed by atoms with Gasteiger partial charge in [0, 0.05) is 5.38 Å². The van der Waals surface area contributed by atoms with Crippen LogP contribution in [0.3, 0.4) is 0 Å². The van der Waals surface area contributed by atoms with Crippen LogP contribution in [0.5, 0.6) is 0 Å². The number of carboxylic acids is 1. The van der Waals surface area contributed by atoms with E-state index in [2.05, 4.69) is 30.9 Å². The van der Waals surface area contributed by atoms with Gasteiger partial charge < -0.3 is 10.4 Å². The maximum Gasteiger partial charge on any atom is 0.309 e. The third-order valence-corrected chi connectivity index (χ3v) is 2.52. The second kappa shape index (κ2) is 4.66. The zero-order valence-corrected chi connectivity index (χ0v) is 8.86. The summed E-state index contributed by atoms with van der Waals surface area (Å²) in [4.78, 5) is 14.5. The van der Waals surface area contributed by atoms with Gasteiger partial charge in [0.1, 0.15) is 0 Å². The maximum atomic E-state index is 10.4. The molecule has 0 amide bonds. The molecular weight excluding hydrogens is 232 g/mol. The number of H-pyrrole nitrogens is 1. The van der Waals surface area contributed by atoms with Crippen molar-refractivity contribution in [1.82, 2.24) is 25.6 Å². The number of aromatic amines is 1. The normalized spacial score (nSPS) is 10.2. The highest BCUT2D eigenvalue weighted by molar-refractivity contribution is 7.13. The second-order valence-corrected chi connectivity index (χ2v) is 3.75. The van der Waals surface area contributed by atoms with Gasteiger partial charge in [-0.25, -0.2) is 4.98 Å². The Morgan fingerprint density at radius 1 is 1.62 bits per heavy atom. The number of aliphatic carboxylic acids is 1. The molecule has 16 heavy (non-hydrogen) atoms. The van der Waals surface area contributed by atoms with E-state index in [-0.39, 0.29) is 6.42 Å². The van der Waals surface area contributed by atoms with Gasteiger partial charge in [-0.15, -0.1) is 21.5 Å². The van der Waals surface area contributed by atoms with Crippen molar-refractivity contribution in [1.29, 1.82) is 0 Å². The SMILES string of the molecule is O=C(O)Cc1csc(NCc2nn[nH]n2)n1. The minimum Gasteiger partial charge on any atom is -0.481 e. The number of anilines is 1. The van der Waals surface area contributed by atoms with Crippen molar-refractivity contribution in [2.75, 3.05) is 5.32 Å². The van der Waals surface area contributed by atoms with Crippen LogP contribution in [0, 0.1) is 0 Å². The Morgan fingerprint density at radius 2 is 2.50 bits per heavy atom. The molecule has 0 saturated carbocycles. The van der Waals surface area contributed by atoms with Crippen molar-refractivity contribution in [3.63, 3.8) is 0 Å². The predicted octanol–water partition coefficient (Wildman–Crippen LogP) is -0.105. The molecule has 2 aromatic heterocycles. The van der Waals surface area contributed by atoms with E-state index < -0.39 is 5.97 Å². The van der Waals surface area contributed by atoms with Crippen LogP contribution in [0.15, 0.2) is 5.38 Å². The number of thiazole rings is 1. The Labute approximate surface area is 93.7 Å². The first-order valence-corrected chi connectivity index (χ1v) is 5.24. The predicted molar refractivity (Wildman–Crippen MR) is 55.0 cm³/mol. The molecule has 0 spiro atoms. The molecule has 0 fully saturated rings. The fourth-order valence-electron chi connectivity index (χ4n) is 1.04. The van der Waals surface area contributed by atoms with E-state index >= 15 is 0 Å². The minimum atomic E-state index is -0.894. The molecule has 9 heteroatoms. The van der Waals surface area contributed by atoms with Gasteiger partial charge in [-0.05, 0) is 0 Å². The zero-order chi connectivity index (χ0) is 11.4. The molecule has 84 valence electrons. The molecule has 2 heterocycles. The summed E-state index contributed by atoms with van der Waals surface area (Å²) in [5, 5.41) is 27.1. The van der Waals surface area contributed by atoms with Crippen molar-refractivity contribution >= 4 is 22.4 Å². The number of hydrogen-bond acceptors (Lipinski definition) is 7. The molecule has 0 aliphatic heterocycles. The Bertz CT molecular complexity index is 467. The molecule has 0 aliphatic carbocycles. The number of nitrogens with one attached hydrogen (secondary N) is 2. The van der Waals surface area contributed by atoms with Crippen LogP contribution in [0.4, 0.5) is 5.13 Å². The van der Waals surface area contributed by atoms with Gasteiger partial charge in [0.25, 0.3) is 0 Å². The number of carboxylic acid groups (broad SMARTS) is 1. The van der Waals surface area contributed by atoms with E-state index in [1.807, 2.05) is 0 Å². The van der Waals surface area contributed by atoms with Crippen molar-refractivity contribution in [3.05, 3.63) is 16.9 Å². The molecule has 0 radical (unpaired) electrons. The second-order valence-electron chi connectivity index (χ2n) is 2.90. The lowest BCUT2D eigenvalue weighted by Gasteiger charge is -1.96. The van der Waals surface area contributed by atoms with E-state index in [9.17, 15) is 4.79 Å². The van der Waals surface area contributed by atoms with Crippen molar-refractivity contribution in [3.8, 4) is 0 Å². The van der Waals surface area contributed by atoms with Gasteiger partial charge in [-0.2, -0.15) is 5.21 Å². The third-order valence-electron chi connectivity index (χ3n) is 1.67. The van der Waals surface area contributed by atoms with Gasteiger partial charge >= 0.3 is 5.97 Å². The average molecular weight is 240 g/mol. The Morgan fingerprint density at radius 3 is 3.19 bits per heavy atom. The summed E-state index contributed by atoms with van der Waals surface area (Å²) in [6.45, 7) is 0.399. The first-order chi connectivity index (χ1) is 7.74. The molecule has 0 aromatic carbocycles. The summed E-state index contributed by atoms with van der Waals surface area (Å²) in [5.41, 5.74) is 0.535. The molecule has 3 N–H and O–H groups in total. The fraction of sp³-hybridized carbons (Fsp3) is 0.286. The van der Waals surface area contributed by atoms with Crippen molar-refractivity contribution in [2.24, 2.45) is 0 Å². The smallest absolute Gasteiger partial charge is 0.309 e. The van der Waals surface area contributed by atoms with E-state index in [4.69, 9.17) is 5.11 Å². The maximum absolute atomic E-state index is 10.4. The average Bonchev–Trinajstić information content (AvgIpc) is 2.84. The highest BCUT2D eigenvalue weighted by Crippen LogP contribution is 2.16. The molecule has 0 atom stereocenters. The molecule has 0 saturated heterocycles. The Kier molecular flexibility index (Phi) is 3.05. The summed E-state index contributed by atoms with van der Waals surface area (Å²) in [6, 6.07) is 0. The topological polar surface area (TPSA) is 117 Å². The van der Waals surface area contributed by atoms with E-state index in [1.165, 1.54) is 11.3 Å². The lowest BCUT2D eigenvalue weighted by molar-refractivity contribution is -0.136. The van der Waals surface area contributed by atoms with Gasteiger partial charge in [0.05, 0.1) is 18.7 Å². The largest absolute Gasteiger partial charge is 0.481 e. The quantitative estimate of drug-likeness (QED) is 0.667. The van der Waals surface area contributed by atoms with Crippen LogP contribution < -0.4 is 5.32 Å². The number of rotatable bonds is 5. The minimum absolute atomic E-state index is 0.0691. The fourth-order valence-corrected chi connectivity index (χ4v) is 1.75. The van der Waals surface area contributed by atoms with Gasteiger partial charge in [0.2, 0.25) is 0 Å². The van der Waals surface area contributed by atoms with Crippen LogP contribution in [-0.4, -0.2) is 36.7 Å². The molecule has 0 unspecified atom stereocenters. The Hall–Kier alpha value is -2.03. The number of tetrazole rings is 1. The standard InChI is InChI=1S/C7H8N6O2S/c14-6(15)1-4-3-16-7(9-4)8-2-5-10-12-13-11-5/h3H,1-2H2,(H,8,9)(H,14,15)(H,10,11,12,13). The first kappa shape index (κ1) is 10.5. The summed E-state index contributed by atoms with van der Waals surface area (Å²) in [7, 11) is 0. The first-order valence-electron chi connectivity index (χ1n) is 4.36. The number of aromatic nitrogens is 5. The molecule has 8 nitrogen and oxygen atoms in total. The van der Waals surface area contributed by atoms with E-state index in [1.54, 1.807) is 5.38 Å². The number of hydrogen-bond donors (Lipinski definition) is 3.